The van der Waals surface area contributed by atoms with E-state index in [9.17, 15) is 4.79 Å². The maximum absolute atomic E-state index is 10.9. The zero-order chi connectivity index (χ0) is 9.30. The van der Waals surface area contributed by atoms with E-state index in [0.717, 1.165) is 0 Å². The molecule has 68 valence electrons. The fraction of sp³-hybridized carbons (Fsp3) is 0.571. The Balaban J connectivity index is 2.67. The van der Waals surface area contributed by atoms with Crippen LogP contribution in [0.3, 0.4) is 0 Å². The maximum atomic E-state index is 10.9. The average molecular weight is 227 g/mol. The minimum absolute atomic E-state index is 0.00909. The van der Waals surface area contributed by atoms with Crippen molar-refractivity contribution in [2.75, 3.05) is 0 Å². The Hall–Kier alpha value is 0.140. The van der Waals surface area contributed by atoms with Crippen LogP contribution in [0.1, 0.15) is 13.8 Å². The van der Waals surface area contributed by atoms with Crippen LogP contribution in [0.25, 0.3) is 0 Å². The Morgan fingerprint density at radius 1 is 1.50 bits per heavy atom. The molecule has 12 heavy (non-hydrogen) atoms. The molecule has 1 aliphatic rings. The van der Waals surface area contributed by atoms with Gasteiger partial charge in [-0.25, -0.2) is 4.79 Å². The van der Waals surface area contributed by atoms with E-state index in [1.807, 2.05) is 13.8 Å². The van der Waals surface area contributed by atoms with Crippen LogP contribution in [0.15, 0.2) is 10.1 Å². The summed E-state index contributed by atoms with van der Waals surface area (Å²) in [5, 5.41) is 0.661. The fourth-order valence-electron chi connectivity index (χ4n) is 0.736. The van der Waals surface area contributed by atoms with Gasteiger partial charge in [-0.1, -0.05) is 37.0 Å². The van der Waals surface area contributed by atoms with Gasteiger partial charge in [-0.05, 0) is 0 Å². The standard InChI is InChI=1S/C7H8Cl2O2S/c1-3(2)12-7-5(9)4(8)6(10)11-7/h3,7H,1-2H3. The second-order valence-corrected chi connectivity index (χ2v) is 5.01. The predicted molar refractivity (Wildman–Crippen MR) is 51.3 cm³/mol. The topological polar surface area (TPSA) is 26.3 Å². The predicted octanol–water partition coefficient (Wildman–Crippen LogP) is 2.70. The number of ether oxygens (including phenoxy) is 1. The molecule has 2 nitrogen and oxygen atoms in total. The lowest BCUT2D eigenvalue weighted by molar-refractivity contribution is -0.136. The minimum Gasteiger partial charge on any atom is -0.441 e. The molecule has 0 spiro atoms. The van der Waals surface area contributed by atoms with Gasteiger partial charge in [-0.2, -0.15) is 0 Å². The number of halogens is 2. The van der Waals surface area contributed by atoms with E-state index in [-0.39, 0.29) is 5.03 Å². The number of hydrogen-bond acceptors (Lipinski definition) is 3. The SMILES string of the molecule is CC(C)SC1OC(=O)C(Cl)=C1Cl. The van der Waals surface area contributed by atoms with E-state index in [2.05, 4.69) is 0 Å². The van der Waals surface area contributed by atoms with E-state index in [4.69, 9.17) is 27.9 Å². The smallest absolute Gasteiger partial charge is 0.352 e. The highest BCUT2D eigenvalue weighted by atomic mass is 35.5. The molecule has 0 N–H and O–H groups in total. The monoisotopic (exact) mass is 226 g/mol. The van der Waals surface area contributed by atoms with Crippen LogP contribution < -0.4 is 0 Å². The van der Waals surface area contributed by atoms with Gasteiger partial charge in [0.05, 0.1) is 5.03 Å². The number of rotatable bonds is 2. The van der Waals surface area contributed by atoms with Crippen molar-refractivity contribution in [2.45, 2.75) is 24.5 Å². The van der Waals surface area contributed by atoms with E-state index in [1.54, 1.807) is 0 Å². The van der Waals surface area contributed by atoms with Gasteiger partial charge in [-0.15, -0.1) is 11.8 Å². The largest absolute Gasteiger partial charge is 0.441 e. The highest BCUT2D eigenvalue weighted by Crippen LogP contribution is 2.36. The molecule has 1 rings (SSSR count). The first-order valence-electron chi connectivity index (χ1n) is 3.44. The Labute approximate surface area is 85.2 Å². The van der Waals surface area contributed by atoms with Crippen molar-refractivity contribution >= 4 is 40.9 Å². The Morgan fingerprint density at radius 2 is 2.08 bits per heavy atom. The van der Waals surface area contributed by atoms with Crippen molar-refractivity contribution in [1.29, 1.82) is 0 Å². The normalized spacial score (nSPS) is 23.8. The van der Waals surface area contributed by atoms with E-state index >= 15 is 0 Å². The Morgan fingerprint density at radius 3 is 2.42 bits per heavy atom. The fourth-order valence-corrected chi connectivity index (χ4v) is 2.10. The van der Waals surface area contributed by atoms with Crippen LogP contribution >= 0.6 is 35.0 Å². The Kier molecular flexibility index (Phi) is 3.32. The summed E-state index contributed by atoms with van der Waals surface area (Å²) in [6.45, 7) is 3.99. The molecule has 0 aliphatic carbocycles. The molecule has 1 aliphatic heterocycles. The van der Waals surface area contributed by atoms with Crippen molar-refractivity contribution in [1.82, 2.24) is 0 Å². The van der Waals surface area contributed by atoms with Gasteiger partial charge in [0.25, 0.3) is 0 Å². The van der Waals surface area contributed by atoms with Gasteiger partial charge < -0.3 is 4.74 Å². The van der Waals surface area contributed by atoms with Crippen LogP contribution in [-0.4, -0.2) is 16.7 Å². The van der Waals surface area contributed by atoms with E-state index in [1.165, 1.54) is 11.8 Å². The molecule has 0 saturated carbocycles. The summed E-state index contributed by atoms with van der Waals surface area (Å²) in [6.07, 6.45) is 0. The first-order valence-corrected chi connectivity index (χ1v) is 5.14. The van der Waals surface area contributed by atoms with Gasteiger partial charge in [0, 0.05) is 5.25 Å². The summed E-state index contributed by atoms with van der Waals surface area (Å²) in [5.74, 6) is -0.528. The molecular weight excluding hydrogens is 219 g/mol. The van der Waals surface area contributed by atoms with Crippen molar-refractivity contribution in [3.05, 3.63) is 10.1 Å². The van der Waals surface area contributed by atoms with Crippen molar-refractivity contribution < 1.29 is 9.53 Å². The molecule has 0 aromatic heterocycles. The van der Waals surface area contributed by atoms with Crippen LogP contribution in [0, 0.1) is 0 Å². The van der Waals surface area contributed by atoms with Gasteiger partial charge in [-0.3, -0.25) is 0 Å². The van der Waals surface area contributed by atoms with Crippen molar-refractivity contribution in [2.24, 2.45) is 0 Å². The van der Waals surface area contributed by atoms with Gasteiger partial charge in [0.15, 0.2) is 5.44 Å². The molecule has 0 radical (unpaired) electrons. The summed E-state index contributed by atoms with van der Waals surface area (Å²) in [5.41, 5.74) is -0.410. The molecule has 0 aromatic carbocycles. The van der Waals surface area contributed by atoms with Crippen LogP contribution in [0.2, 0.25) is 0 Å². The third kappa shape index (κ3) is 2.09. The minimum atomic E-state index is -0.528. The van der Waals surface area contributed by atoms with Gasteiger partial charge in [0.1, 0.15) is 5.03 Å². The number of esters is 1. The molecule has 0 fully saturated rings. The molecule has 0 saturated heterocycles. The molecule has 1 atom stereocenters. The zero-order valence-electron chi connectivity index (χ0n) is 6.64. The third-order valence-corrected chi connectivity index (χ3v) is 3.30. The number of cyclic esters (lactones) is 1. The molecule has 0 bridgehead atoms. The summed E-state index contributed by atoms with van der Waals surface area (Å²) >= 11 is 12.8. The average Bonchev–Trinajstić information content (AvgIpc) is 2.17. The molecular formula is C7H8Cl2O2S. The molecule has 0 amide bonds. The highest BCUT2D eigenvalue weighted by molar-refractivity contribution is 8.00. The first kappa shape index (κ1) is 10.2. The molecule has 1 heterocycles. The number of hydrogen-bond donors (Lipinski definition) is 0. The summed E-state index contributed by atoms with van der Waals surface area (Å²) in [7, 11) is 0. The maximum Gasteiger partial charge on any atom is 0.352 e. The summed E-state index contributed by atoms with van der Waals surface area (Å²) < 4.78 is 4.88. The number of carbonyl (C=O) groups excluding carboxylic acids is 1. The lowest BCUT2D eigenvalue weighted by Gasteiger charge is -2.11. The second-order valence-electron chi connectivity index (χ2n) is 2.58. The van der Waals surface area contributed by atoms with Crippen molar-refractivity contribution in [3.63, 3.8) is 0 Å². The van der Waals surface area contributed by atoms with Gasteiger partial charge in [0.2, 0.25) is 0 Å². The molecule has 0 aromatic rings. The highest BCUT2D eigenvalue weighted by Gasteiger charge is 2.32. The second kappa shape index (κ2) is 3.90. The van der Waals surface area contributed by atoms with E-state index < -0.39 is 11.4 Å². The van der Waals surface area contributed by atoms with Crippen molar-refractivity contribution in [3.8, 4) is 0 Å². The third-order valence-electron chi connectivity index (χ3n) is 1.21. The summed E-state index contributed by atoms with van der Waals surface area (Å²) in [4.78, 5) is 10.9. The summed E-state index contributed by atoms with van der Waals surface area (Å²) in [6, 6.07) is 0. The molecule has 1 unspecified atom stereocenters. The molecule has 5 heteroatoms. The van der Waals surface area contributed by atoms with Crippen LogP contribution in [0.4, 0.5) is 0 Å². The van der Waals surface area contributed by atoms with Crippen LogP contribution in [-0.2, 0) is 9.53 Å². The van der Waals surface area contributed by atoms with E-state index in [0.29, 0.717) is 10.3 Å². The quantitative estimate of drug-likeness (QED) is 0.678. The van der Waals surface area contributed by atoms with Gasteiger partial charge >= 0.3 is 5.97 Å². The zero-order valence-corrected chi connectivity index (χ0v) is 8.96. The van der Waals surface area contributed by atoms with Crippen LogP contribution in [0.5, 0.6) is 0 Å². The number of thioether (sulfide) groups is 1. The first-order chi connectivity index (χ1) is 5.52. The number of carbonyl (C=O) groups is 1. The lowest BCUT2D eigenvalue weighted by atomic mass is 10.5. The lowest BCUT2D eigenvalue weighted by Crippen LogP contribution is -2.08. The Bertz CT molecular complexity index is 238.